The third kappa shape index (κ3) is 2.34. The second kappa shape index (κ2) is 4.81. The van der Waals surface area contributed by atoms with Crippen LogP contribution in [0.5, 0.6) is 0 Å². The van der Waals surface area contributed by atoms with Gasteiger partial charge in [-0.2, -0.15) is 0 Å². The first-order valence-electron chi connectivity index (χ1n) is 5.52. The fourth-order valence-corrected chi connectivity index (χ4v) is 2.99. The van der Waals surface area contributed by atoms with Crippen LogP contribution in [0, 0.1) is 13.8 Å². The van der Waals surface area contributed by atoms with Crippen molar-refractivity contribution in [3.05, 3.63) is 57.3 Å². The number of hydrogen-bond acceptors (Lipinski definition) is 2. The Morgan fingerprint density at radius 2 is 1.88 bits per heavy atom. The van der Waals surface area contributed by atoms with E-state index in [1.54, 1.807) is 11.3 Å². The number of thiophene rings is 1. The largest absolute Gasteiger partial charge is 0.329 e. The maximum Gasteiger partial charge on any atom is 0.0306 e. The van der Waals surface area contributed by atoms with Gasteiger partial charge in [0.25, 0.3) is 0 Å². The van der Waals surface area contributed by atoms with Gasteiger partial charge in [0.15, 0.2) is 0 Å². The molecule has 0 saturated carbocycles. The number of hydrogen-bond donors (Lipinski definition) is 1. The van der Waals surface area contributed by atoms with Gasteiger partial charge < -0.3 is 5.73 Å². The first-order valence-corrected chi connectivity index (χ1v) is 6.40. The summed E-state index contributed by atoms with van der Waals surface area (Å²) in [7, 11) is 0. The van der Waals surface area contributed by atoms with E-state index in [0.717, 1.165) is 0 Å². The van der Waals surface area contributed by atoms with Crippen LogP contribution >= 0.6 is 11.3 Å². The molecular formula is C14H17NS. The van der Waals surface area contributed by atoms with Crippen molar-refractivity contribution in [2.45, 2.75) is 19.8 Å². The zero-order valence-electron chi connectivity index (χ0n) is 9.73. The minimum absolute atomic E-state index is 0.346. The lowest BCUT2D eigenvalue weighted by molar-refractivity contribution is 0.833. The molecule has 16 heavy (non-hydrogen) atoms. The number of benzene rings is 1. The highest BCUT2D eigenvalue weighted by Crippen LogP contribution is 2.28. The molecule has 0 saturated heterocycles. The van der Waals surface area contributed by atoms with Gasteiger partial charge in [0, 0.05) is 17.3 Å². The lowest BCUT2D eigenvalue weighted by atomic mass is 9.94. The summed E-state index contributed by atoms with van der Waals surface area (Å²) in [6, 6.07) is 10.9. The molecule has 1 unspecified atom stereocenters. The van der Waals surface area contributed by atoms with Crippen LogP contribution in [-0.4, -0.2) is 6.54 Å². The van der Waals surface area contributed by atoms with Gasteiger partial charge in [0.05, 0.1) is 0 Å². The Morgan fingerprint density at radius 1 is 1.19 bits per heavy atom. The highest BCUT2D eigenvalue weighted by Gasteiger charge is 2.13. The number of aryl methyl sites for hydroxylation is 2. The maximum atomic E-state index is 5.90. The average Bonchev–Trinajstić information content (AvgIpc) is 2.70. The summed E-state index contributed by atoms with van der Waals surface area (Å²) in [5.74, 6) is 0.346. The molecule has 2 rings (SSSR count). The Balaban J connectivity index is 2.41. The third-order valence-corrected chi connectivity index (χ3v) is 3.75. The lowest BCUT2D eigenvalue weighted by Gasteiger charge is -2.15. The molecule has 1 atom stereocenters. The predicted octanol–water partition coefficient (Wildman–Crippen LogP) is 3.46. The summed E-state index contributed by atoms with van der Waals surface area (Å²) >= 11 is 1.78. The summed E-state index contributed by atoms with van der Waals surface area (Å²) in [5.41, 5.74) is 9.86. The molecule has 1 nitrogen and oxygen atoms in total. The monoisotopic (exact) mass is 231 g/mol. The second-order valence-corrected chi connectivity index (χ2v) is 5.20. The van der Waals surface area contributed by atoms with E-state index in [0.29, 0.717) is 12.5 Å². The Hall–Kier alpha value is -1.12. The molecule has 0 bridgehead atoms. The van der Waals surface area contributed by atoms with Crippen LogP contribution in [0.2, 0.25) is 0 Å². The number of nitrogens with two attached hydrogens (primary N) is 1. The maximum absolute atomic E-state index is 5.90. The molecule has 1 aromatic heterocycles. The fraction of sp³-hybridized carbons (Fsp3) is 0.286. The highest BCUT2D eigenvalue weighted by molar-refractivity contribution is 7.10. The van der Waals surface area contributed by atoms with Crippen molar-refractivity contribution in [3.63, 3.8) is 0 Å². The zero-order chi connectivity index (χ0) is 11.5. The Morgan fingerprint density at radius 3 is 2.38 bits per heavy atom. The Kier molecular flexibility index (Phi) is 3.42. The first kappa shape index (κ1) is 11.4. The summed E-state index contributed by atoms with van der Waals surface area (Å²) < 4.78 is 0. The first-order chi connectivity index (χ1) is 7.70. The molecule has 0 fully saturated rings. The van der Waals surface area contributed by atoms with Crippen molar-refractivity contribution in [2.75, 3.05) is 6.54 Å². The van der Waals surface area contributed by atoms with Crippen molar-refractivity contribution in [1.82, 2.24) is 0 Å². The van der Waals surface area contributed by atoms with Gasteiger partial charge in [-0.05, 0) is 30.9 Å². The van der Waals surface area contributed by atoms with E-state index < -0.39 is 0 Å². The molecule has 2 aromatic rings. The van der Waals surface area contributed by atoms with E-state index in [4.69, 9.17) is 5.73 Å². The fourth-order valence-electron chi connectivity index (χ4n) is 2.12. The van der Waals surface area contributed by atoms with Crippen LogP contribution in [0.3, 0.4) is 0 Å². The minimum Gasteiger partial charge on any atom is -0.329 e. The van der Waals surface area contributed by atoms with Crippen LogP contribution < -0.4 is 5.73 Å². The standard InChI is InChI=1S/C14H17NS/c1-10-6-11(2)8-12(7-10)13(9-15)14-4-3-5-16-14/h3-8,13H,9,15H2,1-2H3. The van der Waals surface area contributed by atoms with Crippen LogP contribution in [0.4, 0.5) is 0 Å². The highest BCUT2D eigenvalue weighted by atomic mass is 32.1. The molecule has 1 heterocycles. The summed E-state index contributed by atoms with van der Waals surface area (Å²) in [5, 5.41) is 2.11. The van der Waals surface area contributed by atoms with E-state index in [-0.39, 0.29) is 0 Å². The molecule has 2 N–H and O–H groups in total. The molecular weight excluding hydrogens is 214 g/mol. The van der Waals surface area contributed by atoms with Crippen LogP contribution in [0.25, 0.3) is 0 Å². The summed E-state index contributed by atoms with van der Waals surface area (Å²) in [6.45, 7) is 4.94. The van der Waals surface area contributed by atoms with Crippen LogP contribution in [0.15, 0.2) is 35.7 Å². The topological polar surface area (TPSA) is 26.0 Å². The molecule has 84 valence electrons. The lowest BCUT2D eigenvalue weighted by Crippen LogP contribution is -2.13. The summed E-state index contributed by atoms with van der Waals surface area (Å²) in [4.78, 5) is 1.35. The Labute approximate surface area is 101 Å². The van der Waals surface area contributed by atoms with Gasteiger partial charge in [-0.1, -0.05) is 35.4 Å². The molecule has 0 amide bonds. The predicted molar refractivity (Wildman–Crippen MR) is 71.1 cm³/mol. The van der Waals surface area contributed by atoms with Gasteiger partial charge in [-0.3, -0.25) is 0 Å². The van der Waals surface area contributed by atoms with Gasteiger partial charge in [-0.25, -0.2) is 0 Å². The van der Waals surface area contributed by atoms with E-state index in [2.05, 4.69) is 49.6 Å². The van der Waals surface area contributed by atoms with E-state index >= 15 is 0 Å². The summed E-state index contributed by atoms with van der Waals surface area (Å²) in [6.07, 6.45) is 0. The average molecular weight is 231 g/mol. The quantitative estimate of drug-likeness (QED) is 0.860. The normalized spacial score (nSPS) is 12.7. The van der Waals surface area contributed by atoms with Gasteiger partial charge in [0.2, 0.25) is 0 Å². The smallest absolute Gasteiger partial charge is 0.0306 e. The minimum atomic E-state index is 0.346. The zero-order valence-corrected chi connectivity index (χ0v) is 10.6. The van der Waals surface area contributed by atoms with Crippen LogP contribution in [-0.2, 0) is 0 Å². The van der Waals surface area contributed by atoms with Crippen molar-refractivity contribution in [3.8, 4) is 0 Å². The molecule has 0 spiro atoms. The van der Waals surface area contributed by atoms with Gasteiger partial charge >= 0.3 is 0 Å². The van der Waals surface area contributed by atoms with Crippen molar-refractivity contribution >= 4 is 11.3 Å². The number of rotatable bonds is 3. The molecule has 0 radical (unpaired) electrons. The van der Waals surface area contributed by atoms with E-state index in [1.807, 2.05) is 0 Å². The van der Waals surface area contributed by atoms with Crippen molar-refractivity contribution in [1.29, 1.82) is 0 Å². The molecule has 1 aromatic carbocycles. The molecule has 0 aliphatic carbocycles. The third-order valence-electron chi connectivity index (χ3n) is 2.77. The van der Waals surface area contributed by atoms with Crippen molar-refractivity contribution < 1.29 is 0 Å². The van der Waals surface area contributed by atoms with Crippen molar-refractivity contribution in [2.24, 2.45) is 5.73 Å². The second-order valence-electron chi connectivity index (χ2n) is 4.22. The Bertz CT molecular complexity index is 439. The van der Waals surface area contributed by atoms with E-state index in [9.17, 15) is 0 Å². The van der Waals surface area contributed by atoms with E-state index in [1.165, 1.54) is 21.6 Å². The SMILES string of the molecule is Cc1cc(C)cc(C(CN)c2cccs2)c1. The molecule has 0 aliphatic heterocycles. The molecule has 2 heteroatoms. The van der Waals surface area contributed by atoms with Crippen LogP contribution in [0.1, 0.15) is 27.5 Å². The van der Waals surface area contributed by atoms with Gasteiger partial charge in [0.1, 0.15) is 0 Å². The molecule has 0 aliphatic rings. The van der Waals surface area contributed by atoms with Gasteiger partial charge in [-0.15, -0.1) is 11.3 Å².